The zero-order valence-electron chi connectivity index (χ0n) is 13.1. The maximum absolute atomic E-state index is 2.30. The lowest BCUT2D eigenvalue weighted by molar-refractivity contribution is 1.07. The molecule has 4 rings (SSSR count). The molecule has 0 N–H and O–H groups in total. The van der Waals surface area contributed by atoms with E-state index in [2.05, 4.69) is 102 Å². The fourth-order valence-electron chi connectivity index (χ4n) is 3.08. The topological polar surface area (TPSA) is 6.48 Å². The SMILES string of the molecule is CC1=CN(c2ccccc2)c2ccccc2N1c1ccccc1. The van der Waals surface area contributed by atoms with E-state index < -0.39 is 0 Å². The van der Waals surface area contributed by atoms with Crippen LogP contribution in [0.3, 0.4) is 0 Å². The second kappa shape index (κ2) is 5.65. The molecule has 2 nitrogen and oxygen atoms in total. The highest BCUT2D eigenvalue weighted by molar-refractivity contribution is 5.87. The van der Waals surface area contributed by atoms with Crippen molar-refractivity contribution in [2.24, 2.45) is 0 Å². The van der Waals surface area contributed by atoms with Gasteiger partial charge in [0.25, 0.3) is 0 Å². The molecular formula is C21H18N2. The summed E-state index contributed by atoms with van der Waals surface area (Å²) in [6, 6.07) is 29.5. The fourth-order valence-corrected chi connectivity index (χ4v) is 3.08. The zero-order chi connectivity index (χ0) is 15.6. The van der Waals surface area contributed by atoms with Crippen LogP contribution in [0.2, 0.25) is 0 Å². The molecule has 1 aliphatic heterocycles. The van der Waals surface area contributed by atoms with Crippen molar-refractivity contribution in [3.8, 4) is 0 Å². The van der Waals surface area contributed by atoms with Gasteiger partial charge in [-0.15, -0.1) is 0 Å². The molecule has 112 valence electrons. The van der Waals surface area contributed by atoms with E-state index in [4.69, 9.17) is 0 Å². The first-order chi connectivity index (χ1) is 11.3. The number of fused-ring (bicyclic) bond motifs is 1. The van der Waals surface area contributed by atoms with Crippen molar-refractivity contribution in [1.29, 1.82) is 0 Å². The number of para-hydroxylation sites is 4. The lowest BCUT2D eigenvalue weighted by Gasteiger charge is -2.37. The Hall–Kier alpha value is -3.00. The van der Waals surface area contributed by atoms with Gasteiger partial charge in [-0.2, -0.15) is 0 Å². The highest BCUT2D eigenvalue weighted by Gasteiger charge is 2.23. The molecule has 0 spiro atoms. The Bertz CT molecular complexity index is 838. The normalized spacial score (nSPS) is 13.5. The lowest BCUT2D eigenvalue weighted by Crippen LogP contribution is -2.25. The van der Waals surface area contributed by atoms with Crippen LogP contribution >= 0.6 is 0 Å². The molecule has 23 heavy (non-hydrogen) atoms. The molecule has 1 heterocycles. The van der Waals surface area contributed by atoms with Crippen LogP contribution in [0.5, 0.6) is 0 Å². The minimum atomic E-state index is 1.17. The van der Waals surface area contributed by atoms with E-state index in [9.17, 15) is 0 Å². The van der Waals surface area contributed by atoms with Crippen LogP contribution in [0.25, 0.3) is 0 Å². The van der Waals surface area contributed by atoms with Gasteiger partial charge in [0, 0.05) is 23.3 Å². The molecule has 3 aromatic carbocycles. The Kier molecular flexibility index (Phi) is 3.35. The Balaban J connectivity index is 1.88. The van der Waals surface area contributed by atoms with Crippen molar-refractivity contribution in [3.63, 3.8) is 0 Å². The number of rotatable bonds is 2. The summed E-state index contributed by atoms with van der Waals surface area (Å²) in [5.74, 6) is 0. The lowest BCUT2D eigenvalue weighted by atomic mass is 10.1. The van der Waals surface area contributed by atoms with Gasteiger partial charge >= 0.3 is 0 Å². The van der Waals surface area contributed by atoms with Crippen LogP contribution < -0.4 is 9.80 Å². The van der Waals surface area contributed by atoms with Crippen molar-refractivity contribution < 1.29 is 0 Å². The van der Waals surface area contributed by atoms with Crippen molar-refractivity contribution in [2.45, 2.75) is 6.92 Å². The molecule has 0 saturated heterocycles. The van der Waals surface area contributed by atoms with Gasteiger partial charge in [-0.3, -0.25) is 0 Å². The van der Waals surface area contributed by atoms with Crippen LogP contribution in [0.1, 0.15) is 6.92 Å². The smallest absolute Gasteiger partial charge is 0.0699 e. The Labute approximate surface area is 136 Å². The molecule has 0 radical (unpaired) electrons. The molecule has 0 unspecified atom stereocenters. The van der Waals surface area contributed by atoms with Crippen LogP contribution in [-0.2, 0) is 0 Å². The average Bonchev–Trinajstić information content (AvgIpc) is 2.62. The molecule has 0 bridgehead atoms. The second-order valence-electron chi connectivity index (χ2n) is 5.64. The van der Waals surface area contributed by atoms with E-state index in [0.717, 1.165) is 0 Å². The molecule has 0 amide bonds. The van der Waals surface area contributed by atoms with Gasteiger partial charge in [0.1, 0.15) is 0 Å². The van der Waals surface area contributed by atoms with Gasteiger partial charge in [0.05, 0.1) is 11.4 Å². The number of nitrogens with zero attached hydrogens (tertiary/aromatic N) is 2. The molecular weight excluding hydrogens is 280 g/mol. The van der Waals surface area contributed by atoms with Gasteiger partial charge in [-0.05, 0) is 43.3 Å². The molecule has 2 heteroatoms. The first kappa shape index (κ1) is 13.6. The van der Waals surface area contributed by atoms with Crippen LogP contribution in [0.4, 0.5) is 22.7 Å². The molecule has 0 atom stereocenters. The molecule has 0 fully saturated rings. The summed E-state index contributed by atoms with van der Waals surface area (Å²) >= 11 is 0. The summed E-state index contributed by atoms with van der Waals surface area (Å²) in [6.07, 6.45) is 2.20. The predicted molar refractivity (Wildman–Crippen MR) is 97.4 cm³/mol. The predicted octanol–water partition coefficient (Wildman–Crippen LogP) is 5.84. The van der Waals surface area contributed by atoms with E-state index in [1.54, 1.807) is 0 Å². The summed E-state index contributed by atoms with van der Waals surface area (Å²) in [5, 5.41) is 0. The van der Waals surface area contributed by atoms with Crippen LogP contribution in [-0.4, -0.2) is 0 Å². The van der Waals surface area contributed by atoms with Crippen molar-refractivity contribution in [1.82, 2.24) is 0 Å². The summed E-state index contributed by atoms with van der Waals surface area (Å²) in [6.45, 7) is 2.15. The molecule has 1 aliphatic rings. The quantitative estimate of drug-likeness (QED) is 0.586. The Morgan fingerprint density at radius 3 is 1.74 bits per heavy atom. The van der Waals surface area contributed by atoms with Gasteiger partial charge in [0.15, 0.2) is 0 Å². The first-order valence-electron chi connectivity index (χ1n) is 7.81. The molecule has 3 aromatic rings. The standard InChI is InChI=1S/C21H18N2/c1-17-16-22(18-10-4-2-5-11-18)20-14-8-9-15-21(20)23(17)19-12-6-3-7-13-19/h2-16H,1H3. The second-order valence-corrected chi connectivity index (χ2v) is 5.64. The fraction of sp³-hybridized carbons (Fsp3) is 0.0476. The maximum atomic E-state index is 2.30. The summed E-state index contributed by atoms with van der Waals surface area (Å²) in [5.41, 5.74) is 5.93. The van der Waals surface area contributed by atoms with E-state index in [0.29, 0.717) is 0 Å². The van der Waals surface area contributed by atoms with Crippen LogP contribution in [0.15, 0.2) is 96.8 Å². The third-order valence-corrected chi connectivity index (χ3v) is 4.10. The Morgan fingerprint density at radius 2 is 1.09 bits per heavy atom. The number of hydrogen-bond acceptors (Lipinski definition) is 2. The van der Waals surface area contributed by atoms with E-state index in [1.807, 2.05) is 6.07 Å². The number of hydrogen-bond donors (Lipinski definition) is 0. The summed E-state index contributed by atoms with van der Waals surface area (Å²) in [7, 11) is 0. The summed E-state index contributed by atoms with van der Waals surface area (Å²) < 4.78 is 0. The number of allylic oxidation sites excluding steroid dienone is 1. The van der Waals surface area contributed by atoms with Gasteiger partial charge in [0.2, 0.25) is 0 Å². The molecule has 0 aromatic heterocycles. The maximum Gasteiger partial charge on any atom is 0.0699 e. The van der Waals surface area contributed by atoms with E-state index >= 15 is 0 Å². The van der Waals surface area contributed by atoms with Crippen LogP contribution in [0, 0.1) is 0 Å². The average molecular weight is 298 g/mol. The highest BCUT2D eigenvalue weighted by Crippen LogP contribution is 2.43. The van der Waals surface area contributed by atoms with Crippen molar-refractivity contribution in [3.05, 3.63) is 96.8 Å². The van der Waals surface area contributed by atoms with Gasteiger partial charge in [-0.1, -0.05) is 48.5 Å². The van der Waals surface area contributed by atoms with Crippen molar-refractivity contribution >= 4 is 22.7 Å². The number of anilines is 4. The van der Waals surface area contributed by atoms with Gasteiger partial charge < -0.3 is 9.80 Å². The van der Waals surface area contributed by atoms with Gasteiger partial charge in [-0.25, -0.2) is 0 Å². The highest BCUT2D eigenvalue weighted by atomic mass is 15.3. The molecule has 0 aliphatic carbocycles. The first-order valence-corrected chi connectivity index (χ1v) is 7.81. The van der Waals surface area contributed by atoms with Crippen molar-refractivity contribution in [2.75, 3.05) is 9.80 Å². The minimum Gasteiger partial charge on any atom is -0.313 e. The monoisotopic (exact) mass is 298 g/mol. The summed E-state index contributed by atoms with van der Waals surface area (Å²) in [4.78, 5) is 4.55. The third-order valence-electron chi connectivity index (χ3n) is 4.10. The van der Waals surface area contributed by atoms with E-state index in [-0.39, 0.29) is 0 Å². The number of benzene rings is 3. The van der Waals surface area contributed by atoms with E-state index in [1.165, 1.54) is 28.4 Å². The third kappa shape index (κ3) is 2.38. The Morgan fingerprint density at radius 1 is 0.565 bits per heavy atom. The zero-order valence-corrected chi connectivity index (χ0v) is 13.1. The minimum absolute atomic E-state index is 1.17. The molecule has 0 saturated carbocycles. The largest absolute Gasteiger partial charge is 0.313 e.